The van der Waals surface area contributed by atoms with Gasteiger partial charge in [-0.25, -0.2) is 8.78 Å². The van der Waals surface area contributed by atoms with E-state index >= 15 is 0 Å². The molecule has 0 spiro atoms. The van der Waals surface area contributed by atoms with Crippen molar-refractivity contribution in [3.05, 3.63) is 59.2 Å². The van der Waals surface area contributed by atoms with Crippen molar-refractivity contribution in [1.82, 2.24) is 0 Å². The number of hydrogen-bond acceptors (Lipinski definition) is 3. The lowest BCUT2D eigenvalue weighted by atomic mass is 9.97. The molecule has 106 valence electrons. The smallest absolute Gasteiger partial charge is 0.165 e. The van der Waals surface area contributed by atoms with Crippen LogP contribution in [-0.2, 0) is 0 Å². The molecule has 0 heterocycles. The van der Waals surface area contributed by atoms with Gasteiger partial charge >= 0.3 is 0 Å². The van der Waals surface area contributed by atoms with Gasteiger partial charge in [-0.1, -0.05) is 24.3 Å². The Morgan fingerprint density at radius 2 is 1.60 bits per heavy atom. The van der Waals surface area contributed by atoms with Crippen molar-refractivity contribution in [2.24, 2.45) is 5.73 Å². The van der Waals surface area contributed by atoms with Crippen LogP contribution in [-0.4, -0.2) is 14.2 Å². The zero-order valence-electron chi connectivity index (χ0n) is 11.2. The summed E-state index contributed by atoms with van der Waals surface area (Å²) in [5.41, 5.74) is 6.63. The fourth-order valence-electron chi connectivity index (χ4n) is 2.09. The van der Waals surface area contributed by atoms with Crippen LogP contribution in [0.1, 0.15) is 17.2 Å². The molecule has 3 nitrogen and oxygen atoms in total. The summed E-state index contributed by atoms with van der Waals surface area (Å²) in [6.07, 6.45) is 0. The predicted octanol–water partition coefficient (Wildman–Crippen LogP) is 3.03. The first-order valence-electron chi connectivity index (χ1n) is 6.00. The summed E-state index contributed by atoms with van der Waals surface area (Å²) in [5, 5.41) is 0. The minimum absolute atomic E-state index is 0.0663. The third kappa shape index (κ3) is 2.44. The molecular weight excluding hydrogens is 264 g/mol. The van der Waals surface area contributed by atoms with Crippen LogP contribution in [0.4, 0.5) is 8.78 Å². The molecular formula is C15H15F2NO2. The lowest BCUT2D eigenvalue weighted by molar-refractivity contribution is 0.350. The van der Waals surface area contributed by atoms with Gasteiger partial charge in [-0.05, 0) is 12.1 Å². The largest absolute Gasteiger partial charge is 0.493 e. The Bertz CT molecular complexity index is 617. The molecule has 2 rings (SSSR count). The normalized spacial score (nSPS) is 12.1. The van der Waals surface area contributed by atoms with Crippen molar-refractivity contribution >= 4 is 0 Å². The highest BCUT2D eigenvalue weighted by Crippen LogP contribution is 2.36. The number of ether oxygens (including phenoxy) is 2. The fourth-order valence-corrected chi connectivity index (χ4v) is 2.09. The Balaban J connectivity index is 2.53. The summed E-state index contributed by atoms with van der Waals surface area (Å²) in [6, 6.07) is 8.17. The van der Waals surface area contributed by atoms with E-state index in [-0.39, 0.29) is 5.56 Å². The highest BCUT2D eigenvalue weighted by molar-refractivity contribution is 5.50. The summed E-state index contributed by atoms with van der Waals surface area (Å²) in [7, 11) is 2.96. The number of halogens is 2. The molecule has 0 aliphatic rings. The topological polar surface area (TPSA) is 44.5 Å². The van der Waals surface area contributed by atoms with Crippen molar-refractivity contribution in [3.63, 3.8) is 0 Å². The predicted molar refractivity (Wildman–Crippen MR) is 71.9 cm³/mol. The molecule has 5 heteroatoms. The second kappa shape index (κ2) is 5.88. The fraction of sp³-hybridized carbons (Fsp3) is 0.200. The first-order chi connectivity index (χ1) is 9.60. The molecule has 0 bridgehead atoms. The SMILES string of the molecule is COc1cccc(C(N)c2cccc(F)c2F)c1OC. The lowest BCUT2D eigenvalue weighted by Crippen LogP contribution is -2.15. The van der Waals surface area contributed by atoms with E-state index in [1.165, 1.54) is 26.4 Å². The Labute approximate surface area is 115 Å². The average Bonchev–Trinajstić information content (AvgIpc) is 2.48. The first kappa shape index (κ1) is 14.3. The highest BCUT2D eigenvalue weighted by atomic mass is 19.2. The number of para-hydroxylation sites is 1. The van der Waals surface area contributed by atoms with Crippen LogP contribution in [0.15, 0.2) is 36.4 Å². The summed E-state index contributed by atoms with van der Waals surface area (Å²) < 4.78 is 37.6. The molecule has 0 fully saturated rings. The molecule has 0 radical (unpaired) electrons. The maximum absolute atomic E-state index is 13.8. The minimum atomic E-state index is -0.954. The molecule has 0 aromatic heterocycles. The quantitative estimate of drug-likeness (QED) is 0.935. The minimum Gasteiger partial charge on any atom is -0.493 e. The summed E-state index contributed by atoms with van der Waals surface area (Å²) >= 11 is 0. The second-order valence-electron chi connectivity index (χ2n) is 4.20. The summed E-state index contributed by atoms with van der Waals surface area (Å²) in [4.78, 5) is 0. The lowest BCUT2D eigenvalue weighted by Gasteiger charge is -2.18. The van der Waals surface area contributed by atoms with Crippen molar-refractivity contribution in [3.8, 4) is 11.5 Å². The number of nitrogens with two attached hydrogens (primary N) is 1. The van der Waals surface area contributed by atoms with E-state index in [0.717, 1.165) is 6.07 Å². The van der Waals surface area contributed by atoms with Crippen molar-refractivity contribution < 1.29 is 18.3 Å². The van der Waals surface area contributed by atoms with Gasteiger partial charge in [0.25, 0.3) is 0 Å². The van der Waals surface area contributed by atoms with E-state index in [0.29, 0.717) is 17.1 Å². The van der Waals surface area contributed by atoms with Gasteiger partial charge in [-0.2, -0.15) is 0 Å². The number of benzene rings is 2. The molecule has 20 heavy (non-hydrogen) atoms. The first-order valence-corrected chi connectivity index (χ1v) is 6.00. The van der Waals surface area contributed by atoms with E-state index in [2.05, 4.69) is 0 Å². The van der Waals surface area contributed by atoms with Gasteiger partial charge < -0.3 is 15.2 Å². The standard InChI is InChI=1S/C15H15F2NO2/c1-19-12-8-4-6-10(15(12)20-2)14(18)9-5-3-7-11(16)13(9)17/h3-8,14H,18H2,1-2H3. The van der Waals surface area contributed by atoms with Crippen LogP contribution in [0.25, 0.3) is 0 Å². The highest BCUT2D eigenvalue weighted by Gasteiger charge is 2.21. The van der Waals surface area contributed by atoms with Gasteiger partial charge in [0.1, 0.15) is 0 Å². The van der Waals surface area contributed by atoms with Crippen molar-refractivity contribution in [1.29, 1.82) is 0 Å². The summed E-state index contributed by atoms with van der Waals surface area (Å²) in [5.74, 6) is -0.992. The maximum atomic E-state index is 13.8. The summed E-state index contributed by atoms with van der Waals surface area (Å²) in [6.45, 7) is 0. The third-order valence-corrected chi connectivity index (χ3v) is 3.08. The van der Waals surface area contributed by atoms with Gasteiger partial charge in [0, 0.05) is 11.1 Å². The molecule has 0 aliphatic carbocycles. The molecule has 2 N–H and O–H groups in total. The molecule has 0 aliphatic heterocycles. The molecule has 0 amide bonds. The van der Waals surface area contributed by atoms with Crippen LogP contribution >= 0.6 is 0 Å². The molecule has 2 aromatic carbocycles. The zero-order chi connectivity index (χ0) is 14.7. The average molecular weight is 279 g/mol. The van der Waals surface area contributed by atoms with Gasteiger partial charge in [-0.3, -0.25) is 0 Å². The van der Waals surface area contributed by atoms with Crippen LogP contribution in [0, 0.1) is 11.6 Å². The second-order valence-corrected chi connectivity index (χ2v) is 4.20. The monoisotopic (exact) mass is 279 g/mol. The Hall–Kier alpha value is -2.14. The van der Waals surface area contributed by atoms with E-state index in [1.807, 2.05) is 0 Å². The van der Waals surface area contributed by atoms with Gasteiger partial charge in [0.05, 0.1) is 20.3 Å². The molecule has 1 atom stereocenters. The van der Waals surface area contributed by atoms with E-state index < -0.39 is 17.7 Å². The molecule has 0 saturated heterocycles. The van der Waals surface area contributed by atoms with Crippen LogP contribution in [0.5, 0.6) is 11.5 Å². The third-order valence-electron chi connectivity index (χ3n) is 3.08. The van der Waals surface area contributed by atoms with Gasteiger partial charge in [-0.15, -0.1) is 0 Å². The Morgan fingerprint density at radius 3 is 2.25 bits per heavy atom. The van der Waals surface area contributed by atoms with Gasteiger partial charge in [0.2, 0.25) is 0 Å². The van der Waals surface area contributed by atoms with Crippen LogP contribution in [0.2, 0.25) is 0 Å². The van der Waals surface area contributed by atoms with E-state index in [1.54, 1.807) is 18.2 Å². The van der Waals surface area contributed by atoms with Gasteiger partial charge in [0.15, 0.2) is 23.1 Å². The van der Waals surface area contributed by atoms with Crippen molar-refractivity contribution in [2.45, 2.75) is 6.04 Å². The van der Waals surface area contributed by atoms with E-state index in [9.17, 15) is 8.78 Å². The molecule has 0 saturated carbocycles. The van der Waals surface area contributed by atoms with Crippen LogP contribution < -0.4 is 15.2 Å². The number of methoxy groups -OCH3 is 2. The number of hydrogen-bond donors (Lipinski definition) is 1. The Morgan fingerprint density at radius 1 is 0.950 bits per heavy atom. The molecule has 1 unspecified atom stereocenters. The van der Waals surface area contributed by atoms with E-state index in [4.69, 9.17) is 15.2 Å². The maximum Gasteiger partial charge on any atom is 0.165 e. The molecule has 2 aromatic rings. The zero-order valence-corrected chi connectivity index (χ0v) is 11.2. The van der Waals surface area contributed by atoms with Crippen molar-refractivity contribution in [2.75, 3.05) is 14.2 Å². The van der Waals surface area contributed by atoms with Crippen LogP contribution in [0.3, 0.4) is 0 Å². The Kier molecular flexibility index (Phi) is 4.20. The number of rotatable bonds is 4.